The minimum Gasteiger partial charge on any atom is -0.459 e. The fourth-order valence-electron chi connectivity index (χ4n) is 3.09. The number of rotatable bonds is 9. The number of anilines is 1. The van der Waals surface area contributed by atoms with Crippen LogP contribution in [0.3, 0.4) is 0 Å². The predicted molar refractivity (Wildman–Crippen MR) is 118 cm³/mol. The van der Waals surface area contributed by atoms with E-state index in [-0.39, 0.29) is 16.8 Å². The van der Waals surface area contributed by atoms with Crippen molar-refractivity contribution in [3.8, 4) is 0 Å². The Balaban J connectivity index is 1.53. The molecule has 10 heteroatoms. The van der Waals surface area contributed by atoms with E-state index in [1.165, 1.54) is 6.26 Å². The molecule has 30 heavy (non-hydrogen) atoms. The fraction of sp³-hybridized carbons (Fsp3) is 0.400. The molecule has 3 aromatic heterocycles. The van der Waals surface area contributed by atoms with Crippen LogP contribution in [0.5, 0.6) is 0 Å². The van der Waals surface area contributed by atoms with Crippen molar-refractivity contribution < 1.29 is 13.9 Å². The van der Waals surface area contributed by atoms with Crippen LogP contribution in [0.25, 0.3) is 11.0 Å². The third kappa shape index (κ3) is 5.33. The van der Waals surface area contributed by atoms with Gasteiger partial charge in [-0.2, -0.15) is 0 Å². The molecule has 0 spiro atoms. The molecule has 0 radical (unpaired) electrons. The number of pyridine rings is 1. The predicted octanol–water partition coefficient (Wildman–Crippen LogP) is 2.54. The molecule has 0 saturated carbocycles. The first-order valence-corrected chi connectivity index (χ1v) is 10.2. The van der Waals surface area contributed by atoms with Crippen molar-refractivity contribution >= 4 is 40.1 Å². The largest absolute Gasteiger partial charge is 0.459 e. The third-order valence-corrected chi connectivity index (χ3v) is 4.72. The topological polar surface area (TPSA) is 120 Å². The van der Waals surface area contributed by atoms with E-state index < -0.39 is 0 Å². The summed E-state index contributed by atoms with van der Waals surface area (Å²) in [7, 11) is 0. The second kappa shape index (κ2) is 10.2. The number of carbonyl (C=O) groups is 1. The molecule has 0 aromatic carbocycles. The lowest BCUT2D eigenvalue weighted by Crippen LogP contribution is -2.39. The van der Waals surface area contributed by atoms with E-state index in [1.54, 1.807) is 12.1 Å². The van der Waals surface area contributed by atoms with Crippen molar-refractivity contribution in [3.63, 3.8) is 0 Å². The molecule has 0 aliphatic heterocycles. The molecule has 3 rings (SSSR count). The molecule has 4 N–H and O–H groups in total. The highest BCUT2D eigenvalue weighted by atomic mass is 32.1. The average Bonchev–Trinajstić information content (AvgIpc) is 3.35. The van der Waals surface area contributed by atoms with Crippen LogP contribution in [0.1, 0.15) is 41.8 Å². The van der Waals surface area contributed by atoms with Gasteiger partial charge in [-0.15, -0.1) is 0 Å². The number of hydrogen-bond acceptors (Lipinski definition) is 7. The maximum absolute atomic E-state index is 11.9. The van der Waals surface area contributed by atoms with E-state index in [1.807, 2.05) is 19.9 Å². The number of nitrogens with one attached hydrogen (secondary N) is 2. The summed E-state index contributed by atoms with van der Waals surface area (Å²) in [5, 5.41) is 5.90. The van der Waals surface area contributed by atoms with Gasteiger partial charge in [0.25, 0.3) is 5.91 Å². The van der Waals surface area contributed by atoms with Crippen molar-refractivity contribution in [2.45, 2.75) is 39.8 Å². The van der Waals surface area contributed by atoms with E-state index in [9.17, 15) is 4.79 Å². The van der Waals surface area contributed by atoms with Crippen molar-refractivity contribution in [1.29, 1.82) is 0 Å². The van der Waals surface area contributed by atoms with Gasteiger partial charge in [0.15, 0.2) is 16.7 Å². The zero-order valence-electron chi connectivity index (χ0n) is 17.1. The number of thiocarbonyl (C=S) groups is 1. The molecule has 160 valence electrons. The van der Waals surface area contributed by atoms with Crippen molar-refractivity contribution in [1.82, 2.24) is 25.2 Å². The van der Waals surface area contributed by atoms with Crippen LogP contribution in [-0.4, -0.2) is 38.7 Å². The summed E-state index contributed by atoms with van der Waals surface area (Å²) in [6.45, 7) is 6.29. The van der Waals surface area contributed by atoms with Crippen LogP contribution in [-0.2, 0) is 17.9 Å². The highest BCUT2D eigenvalue weighted by Gasteiger charge is 2.14. The Morgan fingerprint density at radius 3 is 2.93 bits per heavy atom. The zero-order valence-corrected chi connectivity index (χ0v) is 17.9. The lowest BCUT2D eigenvalue weighted by molar-refractivity contribution is 0.0949. The van der Waals surface area contributed by atoms with Gasteiger partial charge in [0.05, 0.1) is 11.8 Å². The van der Waals surface area contributed by atoms with Gasteiger partial charge in [-0.25, -0.2) is 9.97 Å². The quantitative estimate of drug-likeness (QED) is 0.350. The zero-order chi connectivity index (χ0) is 21.5. The highest BCUT2D eigenvalue weighted by Crippen LogP contribution is 2.22. The molecule has 9 nitrogen and oxygen atoms in total. The van der Waals surface area contributed by atoms with Crippen LogP contribution in [0.4, 0.5) is 5.82 Å². The Morgan fingerprint density at radius 1 is 1.37 bits per heavy atom. The number of nitrogen functional groups attached to an aromatic ring is 1. The highest BCUT2D eigenvalue weighted by molar-refractivity contribution is 7.80. The Bertz CT molecular complexity index is 1020. The summed E-state index contributed by atoms with van der Waals surface area (Å²) in [6, 6.07) is 5.22. The van der Waals surface area contributed by atoms with Crippen molar-refractivity contribution in [2.75, 3.05) is 18.9 Å². The van der Waals surface area contributed by atoms with Crippen LogP contribution in [0.2, 0.25) is 0 Å². The third-order valence-electron chi connectivity index (χ3n) is 4.47. The molecule has 0 aliphatic carbocycles. The number of amides is 1. The minimum atomic E-state index is -0.371. The second-order valence-electron chi connectivity index (χ2n) is 6.73. The standard InChI is InChI=1S/C20H26N6O3S/c1-3-28-12-16-24-17-14(11-13(2)23-18(17)21)26(16)9-5-4-8-22-20(30)25-19(27)15-7-6-10-29-15/h6-7,10-11H,3-5,8-9,12H2,1-2H3,(H2,21,23)(H2,22,25,27,30). The summed E-state index contributed by atoms with van der Waals surface area (Å²) >= 11 is 5.16. The molecule has 0 unspecified atom stereocenters. The Morgan fingerprint density at radius 2 is 2.20 bits per heavy atom. The van der Waals surface area contributed by atoms with Crippen molar-refractivity contribution in [2.24, 2.45) is 0 Å². The van der Waals surface area contributed by atoms with E-state index in [0.29, 0.717) is 31.1 Å². The van der Waals surface area contributed by atoms with Crippen LogP contribution < -0.4 is 16.4 Å². The van der Waals surface area contributed by atoms with Gasteiger partial charge in [-0.3, -0.25) is 10.1 Å². The first kappa shape index (κ1) is 21.7. The second-order valence-corrected chi connectivity index (χ2v) is 7.14. The maximum Gasteiger partial charge on any atom is 0.293 e. The number of aryl methyl sites for hydroxylation is 2. The van der Waals surface area contributed by atoms with Crippen LogP contribution >= 0.6 is 12.2 Å². The van der Waals surface area contributed by atoms with Gasteiger partial charge in [0.1, 0.15) is 17.9 Å². The first-order chi connectivity index (χ1) is 14.5. The average molecular weight is 431 g/mol. The number of furan rings is 1. The van der Waals surface area contributed by atoms with E-state index in [4.69, 9.17) is 27.1 Å². The lowest BCUT2D eigenvalue weighted by atomic mass is 10.2. The molecule has 0 fully saturated rings. The number of nitrogens with zero attached hydrogens (tertiary/aromatic N) is 3. The van der Waals surface area contributed by atoms with Gasteiger partial charge in [0.2, 0.25) is 0 Å². The number of fused-ring (bicyclic) bond motifs is 1. The summed E-state index contributed by atoms with van der Waals surface area (Å²) in [6.07, 6.45) is 3.17. The van der Waals surface area contributed by atoms with Crippen molar-refractivity contribution in [3.05, 3.63) is 41.7 Å². The molecule has 0 aliphatic rings. The monoisotopic (exact) mass is 430 g/mol. The summed E-state index contributed by atoms with van der Waals surface area (Å²) in [5.41, 5.74) is 8.58. The smallest absolute Gasteiger partial charge is 0.293 e. The summed E-state index contributed by atoms with van der Waals surface area (Å²) in [5.74, 6) is 1.11. The number of hydrogen-bond donors (Lipinski definition) is 3. The Labute approximate surface area is 180 Å². The van der Waals surface area contributed by atoms with E-state index >= 15 is 0 Å². The first-order valence-electron chi connectivity index (χ1n) is 9.82. The molecular formula is C20H26N6O3S. The summed E-state index contributed by atoms with van der Waals surface area (Å²) < 4.78 is 12.7. The fourth-order valence-corrected chi connectivity index (χ4v) is 3.28. The Kier molecular flexibility index (Phi) is 7.36. The molecule has 0 bridgehead atoms. The van der Waals surface area contributed by atoms with E-state index in [2.05, 4.69) is 25.2 Å². The van der Waals surface area contributed by atoms with Gasteiger partial charge >= 0.3 is 0 Å². The van der Waals surface area contributed by atoms with E-state index in [0.717, 1.165) is 36.4 Å². The maximum atomic E-state index is 11.9. The number of imidazole rings is 1. The minimum absolute atomic E-state index is 0.219. The van der Waals surface area contributed by atoms with Gasteiger partial charge < -0.3 is 24.8 Å². The lowest BCUT2D eigenvalue weighted by Gasteiger charge is -2.11. The Hall–Kier alpha value is -2.98. The SMILES string of the molecule is CCOCc1nc2c(N)nc(C)cc2n1CCCCNC(=S)NC(=O)c1ccco1. The van der Waals surface area contributed by atoms with Crippen LogP contribution in [0.15, 0.2) is 28.9 Å². The molecule has 0 saturated heterocycles. The number of unbranched alkanes of at least 4 members (excludes halogenated alkanes) is 1. The van der Waals surface area contributed by atoms with Gasteiger partial charge in [-0.1, -0.05) is 0 Å². The summed E-state index contributed by atoms with van der Waals surface area (Å²) in [4.78, 5) is 20.8. The van der Waals surface area contributed by atoms with Gasteiger partial charge in [-0.05, 0) is 57.1 Å². The normalized spacial score (nSPS) is 11.0. The van der Waals surface area contributed by atoms with Gasteiger partial charge in [0, 0.05) is 25.4 Å². The number of carbonyl (C=O) groups excluding carboxylic acids is 1. The number of aromatic nitrogens is 3. The van der Waals surface area contributed by atoms with Crippen LogP contribution in [0, 0.1) is 6.92 Å². The number of nitrogens with two attached hydrogens (primary N) is 1. The molecule has 3 aromatic rings. The molecule has 0 atom stereocenters. The molecular weight excluding hydrogens is 404 g/mol. The molecule has 1 amide bonds. The number of ether oxygens (including phenoxy) is 1. The molecule has 3 heterocycles.